The van der Waals surface area contributed by atoms with E-state index in [2.05, 4.69) is 38.1 Å². The molecule has 162 valence electrons. The molecule has 0 bridgehead atoms. The lowest BCUT2D eigenvalue weighted by Crippen LogP contribution is -2.15. The van der Waals surface area contributed by atoms with Crippen LogP contribution in [0.5, 0.6) is 11.8 Å². The summed E-state index contributed by atoms with van der Waals surface area (Å²) in [5.74, 6) is 0.654. The van der Waals surface area contributed by atoms with Gasteiger partial charge in [-0.3, -0.25) is 9.48 Å². The van der Waals surface area contributed by atoms with Crippen molar-refractivity contribution >= 4 is 27.7 Å². The van der Waals surface area contributed by atoms with E-state index >= 15 is 0 Å². The second kappa shape index (κ2) is 6.41. The molecule has 1 aliphatic carbocycles. The molecule has 8 heteroatoms. The fourth-order valence-corrected chi connectivity index (χ4v) is 5.53. The summed E-state index contributed by atoms with van der Waals surface area (Å²) in [5.41, 5.74) is 8.50. The Morgan fingerprint density at radius 2 is 1.91 bits per heavy atom. The van der Waals surface area contributed by atoms with Gasteiger partial charge in [-0.15, -0.1) is 0 Å². The maximum absolute atomic E-state index is 13.1. The minimum Gasteiger partial charge on any atom is -0.424 e. The van der Waals surface area contributed by atoms with Crippen LogP contribution in [0.2, 0.25) is 0 Å². The monoisotopic (exact) mass is 436 g/mol. The molecule has 4 heterocycles. The highest BCUT2D eigenvalue weighted by Gasteiger charge is 2.34. The highest BCUT2D eigenvalue weighted by atomic mass is 16.5. The van der Waals surface area contributed by atoms with Crippen molar-refractivity contribution in [2.75, 3.05) is 0 Å². The zero-order valence-electron chi connectivity index (χ0n) is 18.2. The molecule has 3 aromatic heterocycles. The van der Waals surface area contributed by atoms with Crippen LogP contribution in [0.3, 0.4) is 0 Å². The van der Waals surface area contributed by atoms with Crippen LogP contribution in [-0.2, 0) is 33.5 Å². The lowest BCUT2D eigenvalue weighted by Gasteiger charge is -2.20. The van der Waals surface area contributed by atoms with Gasteiger partial charge in [0.25, 0.3) is 5.91 Å². The first-order valence-electron chi connectivity index (χ1n) is 11.0. The largest absolute Gasteiger partial charge is 0.424 e. The van der Waals surface area contributed by atoms with Gasteiger partial charge in [0.05, 0.1) is 16.8 Å². The van der Waals surface area contributed by atoms with E-state index < -0.39 is 0 Å². The van der Waals surface area contributed by atoms with Gasteiger partial charge in [-0.05, 0) is 48.2 Å². The topological polar surface area (TPSA) is 86.9 Å². The van der Waals surface area contributed by atoms with Gasteiger partial charge in [-0.1, -0.05) is 0 Å². The standard InChI is InChI=1S/C25H20N6O2/c1-30-12-17-18(29-30)6-5-14-20(17)22-16(11-28-24(22)32)21-15-10-13(33-25-26-8-3-9-27-25)4-7-19(15)31(2)23(14)21/h3-4,7-10,12H,5-6,11H2,1-2H3,(H,28,32). The van der Waals surface area contributed by atoms with E-state index in [1.54, 1.807) is 18.5 Å². The summed E-state index contributed by atoms with van der Waals surface area (Å²) in [7, 11) is 4.03. The number of hydrogen-bond donors (Lipinski definition) is 1. The van der Waals surface area contributed by atoms with E-state index in [-0.39, 0.29) is 5.91 Å². The Morgan fingerprint density at radius 1 is 1.06 bits per heavy atom. The Labute approximate surface area is 188 Å². The normalized spacial score (nSPS) is 14.3. The van der Waals surface area contributed by atoms with Crippen molar-refractivity contribution < 1.29 is 9.53 Å². The van der Waals surface area contributed by atoms with Crippen LogP contribution >= 0.6 is 0 Å². The summed E-state index contributed by atoms with van der Waals surface area (Å²) in [6.45, 7) is 0.513. The van der Waals surface area contributed by atoms with Gasteiger partial charge < -0.3 is 14.6 Å². The zero-order chi connectivity index (χ0) is 22.3. The second-order valence-electron chi connectivity index (χ2n) is 8.65. The molecule has 5 aromatic rings. The van der Waals surface area contributed by atoms with Crippen molar-refractivity contribution in [2.24, 2.45) is 14.1 Å². The molecule has 33 heavy (non-hydrogen) atoms. The number of ether oxygens (including phenoxy) is 1. The predicted octanol–water partition coefficient (Wildman–Crippen LogP) is 3.66. The van der Waals surface area contributed by atoms with E-state index in [9.17, 15) is 4.79 Å². The van der Waals surface area contributed by atoms with Crippen LogP contribution in [0.4, 0.5) is 0 Å². The summed E-state index contributed by atoms with van der Waals surface area (Å²) in [6, 6.07) is 8.09. The Hall–Kier alpha value is -4.20. The molecule has 0 saturated carbocycles. The van der Waals surface area contributed by atoms with Crippen molar-refractivity contribution in [3.05, 3.63) is 65.2 Å². The quantitative estimate of drug-likeness (QED) is 0.456. The van der Waals surface area contributed by atoms with E-state index in [1.165, 1.54) is 11.1 Å². The second-order valence-corrected chi connectivity index (χ2v) is 8.65. The number of nitrogens with one attached hydrogen (secondary N) is 1. The average molecular weight is 436 g/mol. The molecule has 8 nitrogen and oxygen atoms in total. The third-order valence-corrected chi connectivity index (χ3v) is 6.80. The summed E-state index contributed by atoms with van der Waals surface area (Å²) in [5, 5.41) is 9.89. The number of aryl methyl sites for hydroxylation is 4. The molecular weight excluding hydrogens is 416 g/mol. The first-order chi connectivity index (χ1) is 16.1. The van der Waals surface area contributed by atoms with E-state index in [1.807, 2.05) is 30.1 Å². The molecule has 7 rings (SSSR count). The van der Waals surface area contributed by atoms with Crippen LogP contribution in [-0.4, -0.2) is 30.2 Å². The summed E-state index contributed by atoms with van der Waals surface area (Å²) < 4.78 is 10.0. The van der Waals surface area contributed by atoms with E-state index in [0.717, 1.165) is 57.1 Å². The van der Waals surface area contributed by atoms with Crippen molar-refractivity contribution in [3.63, 3.8) is 0 Å². The minimum absolute atomic E-state index is 0.0121. The number of hydrogen-bond acceptors (Lipinski definition) is 5. The molecule has 1 aliphatic heterocycles. The van der Waals surface area contributed by atoms with E-state index in [4.69, 9.17) is 4.74 Å². The molecular formula is C25H20N6O2. The van der Waals surface area contributed by atoms with Gasteiger partial charge in [-0.25, -0.2) is 9.97 Å². The van der Waals surface area contributed by atoms with Gasteiger partial charge in [0.2, 0.25) is 0 Å². The molecule has 0 spiro atoms. The molecule has 1 amide bonds. The average Bonchev–Trinajstić information content (AvgIpc) is 3.48. The van der Waals surface area contributed by atoms with Crippen LogP contribution < -0.4 is 10.1 Å². The predicted molar refractivity (Wildman–Crippen MR) is 123 cm³/mol. The Bertz CT molecular complexity index is 1630. The lowest BCUT2D eigenvalue weighted by molar-refractivity contribution is 0.0966. The molecule has 2 aromatic carbocycles. The van der Waals surface area contributed by atoms with Crippen LogP contribution in [0.1, 0.15) is 27.2 Å². The van der Waals surface area contributed by atoms with Crippen molar-refractivity contribution in [2.45, 2.75) is 19.4 Å². The molecule has 0 unspecified atom stereocenters. The zero-order valence-corrected chi connectivity index (χ0v) is 18.2. The number of carbonyl (C=O) groups is 1. The Balaban J connectivity index is 1.55. The van der Waals surface area contributed by atoms with Crippen LogP contribution in [0.25, 0.3) is 32.9 Å². The van der Waals surface area contributed by atoms with Gasteiger partial charge in [0.1, 0.15) is 5.75 Å². The first kappa shape index (κ1) is 18.4. The minimum atomic E-state index is -0.0121. The molecule has 0 atom stereocenters. The number of carbonyl (C=O) groups excluding carboxylic acids is 1. The first-order valence-corrected chi connectivity index (χ1v) is 11.0. The van der Waals surface area contributed by atoms with Crippen LogP contribution in [0, 0.1) is 0 Å². The van der Waals surface area contributed by atoms with Crippen molar-refractivity contribution in [3.8, 4) is 22.9 Å². The summed E-state index contributed by atoms with van der Waals surface area (Å²) >= 11 is 0. The number of rotatable bonds is 2. The highest BCUT2D eigenvalue weighted by Crippen LogP contribution is 2.46. The molecule has 0 fully saturated rings. The number of nitrogens with zero attached hydrogens (tertiary/aromatic N) is 5. The number of benzene rings is 2. The fraction of sp³-hybridized carbons (Fsp3) is 0.200. The third kappa shape index (κ3) is 2.46. The summed E-state index contributed by atoms with van der Waals surface area (Å²) in [4.78, 5) is 21.4. The van der Waals surface area contributed by atoms with Crippen molar-refractivity contribution in [1.29, 1.82) is 0 Å². The Morgan fingerprint density at radius 3 is 2.76 bits per heavy atom. The number of aromatic nitrogens is 5. The molecule has 2 aliphatic rings. The maximum atomic E-state index is 13.1. The van der Waals surface area contributed by atoms with Gasteiger partial charge >= 0.3 is 6.01 Å². The van der Waals surface area contributed by atoms with Gasteiger partial charge in [-0.2, -0.15) is 5.10 Å². The molecule has 0 radical (unpaired) electrons. The Kier molecular flexibility index (Phi) is 3.57. The SMILES string of the molecule is Cn1cc2c(n1)CCc1c-2c2c(c3c4cc(Oc5ncccn5)ccc4n(C)c13)CNC2=O. The lowest BCUT2D eigenvalue weighted by atomic mass is 9.83. The van der Waals surface area contributed by atoms with Crippen molar-refractivity contribution in [1.82, 2.24) is 29.6 Å². The number of amides is 1. The molecule has 0 saturated heterocycles. The van der Waals surface area contributed by atoms with Crippen LogP contribution in [0.15, 0.2) is 42.9 Å². The summed E-state index contributed by atoms with van der Waals surface area (Å²) in [6.07, 6.45) is 7.06. The maximum Gasteiger partial charge on any atom is 0.321 e. The third-order valence-electron chi connectivity index (χ3n) is 6.80. The molecule has 1 N–H and O–H groups in total. The van der Waals surface area contributed by atoms with E-state index in [0.29, 0.717) is 18.3 Å². The fourth-order valence-electron chi connectivity index (χ4n) is 5.53. The smallest absolute Gasteiger partial charge is 0.321 e. The van der Waals surface area contributed by atoms with Gasteiger partial charge in [0.15, 0.2) is 0 Å². The van der Waals surface area contributed by atoms with Gasteiger partial charge in [0, 0.05) is 66.6 Å². The number of fused-ring (bicyclic) bond motifs is 10. The highest BCUT2D eigenvalue weighted by molar-refractivity contribution is 6.19.